The van der Waals surface area contributed by atoms with Crippen molar-refractivity contribution in [3.8, 4) is 0 Å². The molecule has 12 heavy (non-hydrogen) atoms. The largest absolute Gasteiger partial charge is 0.478 e. The van der Waals surface area contributed by atoms with Crippen LogP contribution in [-0.4, -0.2) is 23.6 Å². The predicted molar refractivity (Wildman–Crippen MR) is 42.4 cm³/mol. The maximum atomic E-state index is 12.8. The summed E-state index contributed by atoms with van der Waals surface area (Å²) in [5, 5.41) is 17.0. The third-order valence-electron chi connectivity index (χ3n) is 1.45. The lowest BCUT2D eigenvalue weighted by atomic mass is 9.88. The molecule has 0 fully saturated rings. The number of halogens is 1. The zero-order valence-corrected chi connectivity index (χ0v) is 6.12. The number of carbonyl (C=O) groups is 1. The Morgan fingerprint density at radius 1 is 1.50 bits per heavy atom. The second-order valence-electron chi connectivity index (χ2n) is 2.28. The van der Waals surface area contributed by atoms with Crippen molar-refractivity contribution in [1.29, 1.82) is 0 Å². The molecule has 1 aromatic carbocycles. The van der Waals surface area contributed by atoms with Crippen LogP contribution in [0.5, 0.6) is 0 Å². The molecule has 0 radical (unpaired) electrons. The molecule has 0 spiro atoms. The minimum atomic E-state index is -1.31. The molecule has 5 heteroatoms. The van der Waals surface area contributed by atoms with E-state index in [4.69, 9.17) is 10.1 Å². The van der Waals surface area contributed by atoms with Gasteiger partial charge in [0.1, 0.15) is 5.82 Å². The first kappa shape index (κ1) is 8.74. The van der Waals surface area contributed by atoms with Gasteiger partial charge in [-0.2, -0.15) is 0 Å². The SMILES string of the molecule is O=C(O)c1ccc(BO)cc1F. The Kier molecular flexibility index (Phi) is 2.45. The Hall–Kier alpha value is -1.36. The van der Waals surface area contributed by atoms with Crippen LogP contribution in [0, 0.1) is 5.82 Å². The summed E-state index contributed by atoms with van der Waals surface area (Å²) < 4.78 is 12.8. The molecule has 0 heterocycles. The van der Waals surface area contributed by atoms with Gasteiger partial charge in [-0.25, -0.2) is 9.18 Å². The third kappa shape index (κ3) is 1.62. The van der Waals surface area contributed by atoms with Gasteiger partial charge in [-0.05, 0) is 12.1 Å². The topological polar surface area (TPSA) is 57.5 Å². The highest BCUT2D eigenvalue weighted by molar-refractivity contribution is 6.45. The van der Waals surface area contributed by atoms with Crippen LogP contribution in [0.25, 0.3) is 0 Å². The molecule has 0 bridgehead atoms. The number of carboxylic acids is 1. The molecule has 2 N–H and O–H groups in total. The van der Waals surface area contributed by atoms with E-state index in [2.05, 4.69) is 0 Å². The van der Waals surface area contributed by atoms with Crippen molar-refractivity contribution >= 4 is 18.9 Å². The number of hydrogen-bond donors (Lipinski definition) is 2. The number of hydrogen-bond acceptors (Lipinski definition) is 2. The Morgan fingerprint density at radius 3 is 2.58 bits per heavy atom. The summed E-state index contributed by atoms with van der Waals surface area (Å²) in [4.78, 5) is 10.3. The molecule has 1 rings (SSSR count). The summed E-state index contributed by atoms with van der Waals surface area (Å²) in [6.45, 7) is 0. The van der Waals surface area contributed by atoms with Gasteiger partial charge in [-0.1, -0.05) is 11.5 Å². The molecule has 0 atom stereocenters. The second kappa shape index (κ2) is 3.36. The Labute approximate surface area is 68.7 Å². The summed E-state index contributed by atoms with van der Waals surface area (Å²) in [5.74, 6) is -2.13. The lowest BCUT2D eigenvalue weighted by molar-refractivity contribution is 0.0692. The zero-order chi connectivity index (χ0) is 9.14. The molecule has 0 aliphatic rings. The quantitative estimate of drug-likeness (QED) is 0.584. The van der Waals surface area contributed by atoms with Crippen LogP contribution < -0.4 is 5.46 Å². The maximum absolute atomic E-state index is 12.8. The summed E-state index contributed by atoms with van der Waals surface area (Å²) >= 11 is 0. The first-order chi connectivity index (χ1) is 5.65. The number of carboxylic acid groups (broad SMARTS) is 1. The smallest absolute Gasteiger partial charge is 0.338 e. The zero-order valence-electron chi connectivity index (χ0n) is 6.12. The van der Waals surface area contributed by atoms with Gasteiger partial charge < -0.3 is 10.1 Å². The first-order valence-electron chi connectivity index (χ1n) is 3.27. The standard InChI is InChI=1S/C7H6BFO3/c9-6-3-4(8-12)1-2-5(6)7(10)11/h1-3,8,12H,(H,10,11). The molecule has 3 nitrogen and oxygen atoms in total. The van der Waals surface area contributed by atoms with E-state index in [1.165, 1.54) is 6.07 Å². The fourth-order valence-electron chi connectivity index (χ4n) is 0.830. The summed E-state index contributed by atoms with van der Waals surface area (Å²) in [6.07, 6.45) is 0. The van der Waals surface area contributed by atoms with E-state index < -0.39 is 11.8 Å². The minimum Gasteiger partial charge on any atom is -0.478 e. The van der Waals surface area contributed by atoms with Crippen molar-refractivity contribution < 1.29 is 19.3 Å². The highest BCUT2D eigenvalue weighted by Gasteiger charge is 2.09. The lowest BCUT2D eigenvalue weighted by Gasteiger charge is -1.98. The fraction of sp³-hybridized carbons (Fsp3) is 0. The highest BCUT2D eigenvalue weighted by atomic mass is 19.1. The van der Waals surface area contributed by atoms with Crippen molar-refractivity contribution in [3.63, 3.8) is 0 Å². The van der Waals surface area contributed by atoms with Gasteiger partial charge >= 0.3 is 13.5 Å². The van der Waals surface area contributed by atoms with Crippen molar-refractivity contribution in [1.82, 2.24) is 0 Å². The van der Waals surface area contributed by atoms with E-state index >= 15 is 0 Å². The average Bonchev–Trinajstić information content (AvgIpc) is 2.03. The second-order valence-corrected chi connectivity index (χ2v) is 2.28. The van der Waals surface area contributed by atoms with E-state index in [1.807, 2.05) is 0 Å². The Bertz CT molecular complexity index is 314. The monoisotopic (exact) mass is 168 g/mol. The van der Waals surface area contributed by atoms with Gasteiger partial charge in [0.15, 0.2) is 0 Å². The van der Waals surface area contributed by atoms with Gasteiger partial charge in [0, 0.05) is 0 Å². The molecular weight excluding hydrogens is 162 g/mol. The summed E-state index contributed by atoms with van der Waals surface area (Å²) in [6, 6.07) is 3.50. The third-order valence-corrected chi connectivity index (χ3v) is 1.45. The summed E-state index contributed by atoms with van der Waals surface area (Å²) in [5.41, 5.74) is -0.0234. The van der Waals surface area contributed by atoms with Gasteiger partial charge in [0.05, 0.1) is 5.56 Å². The molecule has 0 saturated heterocycles. The van der Waals surface area contributed by atoms with E-state index in [0.717, 1.165) is 12.1 Å². The van der Waals surface area contributed by atoms with Crippen LogP contribution in [0.1, 0.15) is 10.4 Å². The van der Waals surface area contributed by atoms with Crippen molar-refractivity contribution in [3.05, 3.63) is 29.6 Å². The average molecular weight is 168 g/mol. The predicted octanol–water partition coefficient (Wildman–Crippen LogP) is -0.507. The van der Waals surface area contributed by atoms with Crippen LogP contribution in [-0.2, 0) is 0 Å². The molecule has 0 saturated carbocycles. The first-order valence-corrected chi connectivity index (χ1v) is 3.27. The van der Waals surface area contributed by atoms with Gasteiger partial charge in [0.2, 0.25) is 0 Å². The lowest BCUT2D eigenvalue weighted by Crippen LogP contribution is -2.15. The van der Waals surface area contributed by atoms with E-state index in [9.17, 15) is 9.18 Å². The van der Waals surface area contributed by atoms with Gasteiger partial charge in [-0.3, -0.25) is 0 Å². The number of benzene rings is 1. The normalized spacial score (nSPS) is 9.50. The summed E-state index contributed by atoms with van der Waals surface area (Å²) in [7, 11) is -0.295. The minimum absolute atomic E-state index is 0.295. The highest BCUT2D eigenvalue weighted by Crippen LogP contribution is 2.03. The molecule has 0 amide bonds. The maximum Gasteiger partial charge on any atom is 0.338 e. The molecule has 62 valence electrons. The number of aromatic carboxylic acids is 1. The molecule has 0 aliphatic carbocycles. The van der Waals surface area contributed by atoms with E-state index in [-0.39, 0.29) is 13.0 Å². The van der Waals surface area contributed by atoms with Crippen LogP contribution in [0.4, 0.5) is 4.39 Å². The molecule has 0 aromatic heterocycles. The molecular formula is C7H6BFO3. The van der Waals surface area contributed by atoms with Crippen LogP contribution >= 0.6 is 0 Å². The van der Waals surface area contributed by atoms with Gasteiger partial charge in [0.25, 0.3) is 0 Å². The van der Waals surface area contributed by atoms with E-state index in [0.29, 0.717) is 5.46 Å². The van der Waals surface area contributed by atoms with Crippen LogP contribution in [0.15, 0.2) is 18.2 Å². The van der Waals surface area contributed by atoms with Crippen LogP contribution in [0.3, 0.4) is 0 Å². The van der Waals surface area contributed by atoms with Crippen molar-refractivity contribution in [2.75, 3.05) is 0 Å². The van der Waals surface area contributed by atoms with Crippen molar-refractivity contribution in [2.24, 2.45) is 0 Å². The van der Waals surface area contributed by atoms with Crippen LogP contribution in [0.2, 0.25) is 0 Å². The van der Waals surface area contributed by atoms with E-state index in [1.54, 1.807) is 0 Å². The number of rotatable bonds is 2. The Morgan fingerprint density at radius 2 is 2.17 bits per heavy atom. The molecule has 0 unspecified atom stereocenters. The van der Waals surface area contributed by atoms with Crippen molar-refractivity contribution in [2.45, 2.75) is 0 Å². The Balaban J connectivity index is 3.12. The fourth-order valence-corrected chi connectivity index (χ4v) is 0.830. The molecule has 1 aromatic rings. The van der Waals surface area contributed by atoms with Gasteiger partial charge in [-0.15, -0.1) is 0 Å². The molecule has 0 aliphatic heterocycles.